The van der Waals surface area contributed by atoms with Gasteiger partial charge in [-0.1, -0.05) is 87.9 Å². The third kappa shape index (κ3) is 3.48. The fourth-order valence-electron chi connectivity index (χ4n) is 4.24. The van der Waals surface area contributed by atoms with E-state index >= 15 is 0 Å². The Kier molecular flexibility index (Phi) is 5.59. The maximum absolute atomic E-state index is 12.5. The number of rotatable bonds is 6. The second-order valence-electron chi connectivity index (χ2n) is 8.58. The lowest BCUT2D eigenvalue weighted by Gasteiger charge is -2.47. The minimum Gasteiger partial charge on any atom is -0.469 e. The van der Waals surface area contributed by atoms with E-state index in [1.54, 1.807) is 0 Å². The topological polar surface area (TPSA) is 35.5 Å². The summed E-state index contributed by atoms with van der Waals surface area (Å²) in [5, 5.41) is 2.39. The maximum atomic E-state index is 12.5. The normalized spacial score (nSPS) is 16.4. The molecule has 0 aliphatic heterocycles. The van der Waals surface area contributed by atoms with Crippen LogP contribution in [0.25, 0.3) is 0 Å². The van der Waals surface area contributed by atoms with Crippen molar-refractivity contribution in [2.45, 2.75) is 45.1 Å². The van der Waals surface area contributed by atoms with Gasteiger partial charge in [-0.25, -0.2) is 0 Å². The molecule has 144 valence electrons. The van der Waals surface area contributed by atoms with Gasteiger partial charge in [0.15, 0.2) is 0 Å². The van der Waals surface area contributed by atoms with Crippen molar-refractivity contribution in [3.63, 3.8) is 0 Å². The van der Waals surface area contributed by atoms with Crippen molar-refractivity contribution >= 4 is 24.7 Å². The van der Waals surface area contributed by atoms with Crippen LogP contribution in [0.5, 0.6) is 0 Å². The fourth-order valence-corrected chi connectivity index (χ4v) is 8.88. The van der Waals surface area contributed by atoms with Gasteiger partial charge in [-0.05, 0) is 28.3 Å². The van der Waals surface area contributed by atoms with E-state index in [1.807, 2.05) is 12.1 Å². The Hall–Kier alpha value is -1.91. The van der Waals surface area contributed by atoms with Crippen molar-refractivity contribution in [1.82, 2.24) is 0 Å². The highest BCUT2D eigenvalue weighted by Crippen LogP contribution is 2.45. The number of esters is 1. The molecule has 0 bridgehead atoms. The minimum atomic E-state index is -2.61. The maximum Gasteiger partial charge on any atom is 0.314 e. The molecule has 0 radical (unpaired) electrons. The van der Waals surface area contributed by atoms with Crippen LogP contribution < -0.4 is 10.4 Å². The molecule has 1 saturated carbocycles. The zero-order chi connectivity index (χ0) is 19.5. The molecule has 0 aromatic heterocycles. The Labute approximate surface area is 163 Å². The van der Waals surface area contributed by atoms with E-state index in [1.165, 1.54) is 17.5 Å². The number of carbonyl (C=O) groups is 1. The van der Waals surface area contributed by atoms with Crippen LogP contribution in [0.1, 0.15) is 40.0 Å². The van der Waals surface area contributed by atoms with E-state index in [2.05, 4.69) is 69.3 Å². The van der Waals surface area contributed by atoms with Gasteiger partial charge in [-0.2, -0.15) is 0 Å². The minimum absolute atomic E-state index is 0.0865. The molecule has 27 heavy (non-hydrogen) atoms. The highest BCUT2D eigenvalue weighted by Gasteiger charge is 2.53. The molecule has 0 saturated heterocycles. The van der Waals surface area contributed by atoms with E-state index in [4.69, 9.17) is 9.16 Å². The van der Waals surface area contributed by atoms with Crippen LogP contribution >= 0.6 is 0 Å². The molecular formula is C23H30O3Si. The predicted molar refractivity (Wildman–Crippen MR) is 112 cm³/mol. The van der Waals surface area contributed by atoms with E-state index in [0.29, 0.717) is 6.61 Å². The predicted octanol–water partition coefficient (Wildman–Crippen LogP) is 3.91. The van der Waals surface area contributed by atoms with Gasteiger partial charge in [0.2, 0.25) is 0 Å². The Balaban J connectivity index is 2.08. The molecule has 1 fully saturated rings. The Morgan fingerprint density at radius 2 is 1.44 bits per heavy atom. The number of ether oxygens (including phenoxy) is 1. The zero-order valence-corrected chi connectivity index (χ0v) is 17.8. The molecule has 3 nitrogen and oxygen atoms in total. The third-order valence-electron chi connectivity index (χ3n) is 5.91. The van der Waals surface area contributed by atoms with Crippen LogP contribution in [-0.4, -0.2) is 28.0 Å². The fraction of sp³-hybridized carbons (Fsp3) is 0.435. The first-order valence-corrected chi connectivity index (χ1v) is 11.6. The molecule has 2 aromatic carbocycles. The summed E-state index contributed by atoms with van der Waals surface area (Å²) in [6.45, 7) is 7.19. The zero-order valence-electron chi connectivity index (χ0n) is 16.8. The quantitative estimate of drug-likeness (QED) is 0.561. The van der Waals surface area contributed by atoms with Crippen LogP contribution in [0.3, 0.4) is 0 Å². The van der Waals surface area contributed by atoms with Crippen LogP contribution in [0.4, 0.5) is 0 Å². The smallest absolute Gasteiger partial charge is 0.314 e. The highest BCUT2D eigenvalue weighted by atomic mass is 28.4. The average Bonchev–Trinajstić information content (AvgIpc) is 2.64. The number of hydrogen-bond donors (Lipinski definition) is 0. The Morgan fingerprint density at radius 1 is 0.963 bits per heavy atom. The summed E-state index contributed by atoms with van der Waals surface area (Å²) < 4.78 is 12.1. The van der Waals surface area contributed by atoms with E-state index in [-0.39, 0.29) is 11.0 Å². The molecule has 0 spiro atoms. The van der Waals surface area contributed by atoms with Gasteiger partial charge in [0.25, 0.3) is 8.32 Å². The summed E-state index contributed by atoms with van der Waals surface area (Å²) in [4.78, 5) is 12.5. The Bertz CT molecular complexity index is 722. The molecule has 2 aromatic rings. The SMILES string of the molecule is COC(=O)C1(CO[Si](c2ccccc2)(c2ccccc2)C(C)(C)C)CCC1. The van der Waals surface area contributed by atoms with E-state index in [9.17, 15) is 4.79 Å². The largest absolute Gasteiger partial charge is 0.469 e. The van der Waals surface area contributed by atoms with Crippen molar-refractivity contribution in [1.29, 1.82) is 0 Å². The summed E-state index contributed by atoms with van der Waals surface area (Å²) in [5.41, 5.74) is -0.484. The standard InChI is InChI=1S/C23H30O3Si/c1-22(2,3)27(19-12-7-5-8-13-19,20-14-9-6-10-15-20)26-18-23(16-11-17-23)21(24)25-4/h5-10,12-15H,11,16-18H2,1-4H3. The van der Waals surface area contributed by atoms with Crippen molar-refractivity contribution in [2.75, 3.05) is 13.7 Å². The summed E-state index contributed by atoms with van der Waals surface area (Å²) >= 11 is 0. The van der Waals surface area contributed by atoms with Crippen LogP contribution in [0.15, 0.2) is 60.7 Å². The second kappa shape index (κ2) is 7.61. The first-order chi connectivity index (χ1) is 12.9. The molecule has 0 N–H and O–H groups in total. The van der Waals surface area contributed by atoms with Gasteiger partial charge in [0.1, 0.15) is 0 Å². The van der Waals surface area contributed by atoms with Gasteiger partial charge in [0.05, 0.1) is 19.1 Å². The third-order valence-corrected chi connectivity index (χ3v) is 10.9. The van der Waals surface area contributed by atoms with Gasteiger partial charge < -0.3 is 9.16 Å². The Morgan fingerprint density at radius 3 is 1.78 bits per heavy atom. The molecule has 0 amide bonds. The van der Waals surface area contributed by atoms with Gasteiger partial charge in [0, 0.05) is 0 Å². The number of methoxy groups -OCH3 is 1. The number of carbonyl (C=O) groups excluding carboxylic acids is 1. The van der Waals surface area contributed by atoms with Gasteiger partial charge in [-0.15, -0.1) is 0 Å². The molecule has 1 aliphatic carbocycles. The molecule has 0 heterocycles. The second-order valence-corrected chi connectivity index (χ2v) is 12.9. The molecule has 0 atom stereocenters. The van der Waals surface area contributed by atoms with Crippen molar-refractivity contribution < 1.29 is 14.0 Å². The summed E-state index contributed by atoms with van der Waals surface area (Å²) in [6, 6.07) is 21.1. The molecular weight excluding hydrogens is 352 g/mol. The van der Waals surface area contributed by atoms with Gasteiger partial charge in [-0.3, -0.25) is 4.79 Å². The van der Waals surface area contributed by atoms with Crippen LogP contribution in [0.2, 0.25) is 5.04 Å². The molecule has 4 heteroatoms. The monoisotopic (exact) mass is 382 g/mol. The van der Waals surface area contributed by atoms with Crippen molar-refractivity contribution in [3.8, 4) is 0 Å². The molecule has 3 rings (SSSR count). The molecule has 0 unspecified atom stereocenters. The number of benzene rings is 2. The van der Waals surface area contributed by atoms with Crippen molar-refractivity contribution in [2.24, 2.45) is 5.41 Å². The summed E-state index contributed by atoms with van der Waals surface area (Å²) in [6.07, 6.45) is 2.74. The van der Waals surface area contributed by atoms with Gasteiger partial charge >= 0.3 is 5.97 Å². The average molecular weight is 383 g/mol. The van der Waals surface area contributed by atoms with Crippen molar-refractivity contribution in [3.05, 3.63) is 60.7 Å². The molecule has 1 aliphatic rings. The first-order valence-electron chi connectivity index (χ1n) is 9.69. The highest BCUT2D eigenvalue weighted by molar-refractivity contribution is 6.99. The first kappa shape index (κ1) is 19.8. The van der Waals surface area contributed by atoms with E-state index < -0.39 is 13.7 Å². The lowest BCUT2D eigenvalue weighted by Crippen LogP contribution is -2.67. The number of hydrogen-bond acceptors (Lipinski definition) is 3. The van der Waals surface area contributed by atoms with E-state index in [0.717, 1.165) is 19.3 Å². The van der Waals surface area contributed by atoms with Crippen LogP contribution in [-0.2, 0) is 14.0 Å². The van der Waals surface area contributed by atoms with Crippen LogP contribution in [0, 0.1) is 5.41 Å². The summed E-state index contributed by atoms with van der Waals surface area (Å²) in [7, 11) is -1.13. The lowest BCUT2D eigenvalue weighted by molar-refractivity contribution is -0.161. The summed E-state index contributed by atoms with van der Waals surface area (Å²) in [5.74, 6) is -0.133. The lowest BCUT2D eigenvalue weighted by atomic mass is 9.69.